The molecule has 1 aromatic carbocycles. The number of hydrogen-bond acceptors (Lipinski definition) is 4. The summed E-state index contributed by atoms with van der Waals surface area (Å²) in [6.45, 7) is 1.80. The minimum atomic E-state index is -0.427. The number of carbonyl (C=O) groups is 2. The number of fused-ring (bicyclic) bond motifs is 1. The van der Waals surface area contributed by atoms with Crippen LogP contribution < -0.4 is 10.2 Å². The van der Waals surface area contributed by atoms with Gasteiger partial charge in [0.2, 0.25) is 5.91 Å². The van der Waals surface area contributed by atoms with E-state index in [0.29, 0.717) is 5.69 Å². The molecule has 2 amide bonds. The Morgan fingerprint density at radius 3 is 2.82 bits per heavy atom. The number of rotatable bonds is 1. The van der Waals surface area contributed by atoms with E-state index in [1.807, 2.05) is 12.1 Å². The molecule has 1 unspecified atom stereocenters. The molecule has 0 saturated heterocycles. The molecule has 1 aliphatic heterocycles. The van der Waals surface area contributed by atoms with Crippen molar-refractivity contribution in [2.75, 3.05) is 17.3 Å². The van der Waals surface area contributed by atoms with E-state index < -0.39 is 4.82 Å². The Bertz CT molecular complexity index is 492. The van der Waals surface area contributed by atoms with Gasteiger partial charge in [-0.25, -0.2) is 4.90 Å². The lowest BCUT2D eigenvalue weighted by atomic mass is 10.2. The van der Waals surface area contributed by atoms with Crippen molar-refractivity contribution in [2.24, 2.45) is 0 Å². The number of anilines is 2. The second-order valence-electron chi connectivity index (χ2n) is 3.62. The third-order valence-electron chi connectivity index (χ3n) is 2.54. The fourth-order valence-electron chi connectivity index (χ4n) is 1.67. The molecule has 1 N–H and O–H groups in total. The number of carbonyl (C=O) groups excluding carboxylic acids is 2. The number of nitrogens with one attached hydrogen (secondary N) is 1. The Labute approximate surface area is 112 Å². The summed E-state index contributed by atoms with van der Waals surface area (Å²) in [7, 11) is 1.79. The zero-order valence-electron chi connectivity index (χ0n) is 9.36. The zero-order valence-corrected chi connectivity index (χ0v) is 11.8. The number of imide groups is 1. The summed E-state index contributed by atoms with van der Waals surface area (Å²) in [5.41, 5.74) is 1.50. The van der Waals surface area contributed by atoms with Gasteiger partial charge in [-0.3, -0.25) is 9.59 Å². The lowest BCUT2D eigenvalue weighted by Crippen LogP contribution is -2.41. The molecule has 4 nitrogen and oxygen atoms in total. The van der Waals surface area contributed by atoms with Gasteiger partial charge in [-0.15, -0.1) is 11.8 Å². The lowest BCUT2D eigenvalue weighted by molar-refractivity contribution is -0.117. The monoisotopic (exact) mass is 314 g/mol. The van der Waals surface area contributed by atoms with Crippen molar-refractivity contribution in [1.29, 1.82) is 0 Å². The van der Waals surface area contributed by atoms with Crippen LogP contribution in [0.1, 0.15) is 6.92 Å². The van der Waals surface area contributed by atoms with Crippen LogP contribution in [0.5, 0.6) is 0 Å². The van der Waals surface area contributed by atoms with Gasteiger partial charge in [0.25, 0.3) is 0 Å². The molecule has 90 valence electrons. The minimum Gasteiger partial charge on any atom is -0.388 e. The van der Waals surface area contributed by atoms with Crippen molar-refractivity contribution >= 4 is 49.8 Å². The number of hydrogen-bond donors (Lipinski definition) is 1. The van der Waals surface area contributed by atoms with E-state index in [2.05, 4.69) is 21.2 Å². The first-order chi connectivity index (χ1) is 8.04. The molecule has 0 fully saturated rings. The highest BCUT2D eigenvalue weighted by molar-refractivity contribution is 9.18. The standard InChI is InChI=1S/C11H11BrN2O2S/c1-6-10(15)14(11(12)16)8-5-7(13-2)3-4-9(8)17-6/h3-6,13H,1-2H3. The van der Waals surface area contributed by atoms with Gasteiger partial charge < -0.3 is 5.32 Å². The lowest BCUT2D eigenvalue weighted by Gasteiger charge is -2.29. The van der Waals surface area contributed by atoms with Crippen molar-refractivity contribution in [1.82, 2.24) is 0 Å². The predicted octanol–water partition coefficient (Wildman–Crippen LogP) is 3.07. The van der Waals surface area contributed by atoms with Gasteiger partial charge in [0.1, 0.15) is 0 Å². The fourth-order valence-corrected chi connectivity index (χ4v) is 3.04. The Morgan fingerprint density at radius 1 is 1.53 bits per heavy atom. The largest absolute Gasteiger partial charge is 0.388 e. The van der Waals surface area contributed by atoms with Crippen LogP contribution in [0.4, 0.5) is 16.2 Å². The smallest absolute Gasteiger partial charge is 0.300 e. The number of halogens is 1. The van der Waals surface area contributed by atoms with Crippen LogP contribution in [-0.4, -0.2) is 23.0 Å². The maximum Gasteiger partial charge on any atom is 0.300 e. The Morgan fingerprint density at radius 2 is 2.24 bits per heavy atom. The molecule has 1 atom stereocenters. The summed E-state index contributed by atoms with van der Waals surface area (Å²) in [6.07, 6.45) is 0. The second kappa shape index (κ2) is 4.70. The molecule has 1 heterocycles. The molecule has 0 saturated carbocycles. The predicted molar refractivity (Wildman–Crippen MR) is 73.1 cm³/mol. The summed E-state index contributed by atoms with van der Waals surface area (Å²) in [6, 6.07) is 5.63. The van der Waals surface area contributed by atoms with E-state index in [1.54, 1.807) is 20.0 Å². The Hall–Kier alpha value is -1.01. The first kappa shape index (κ1) is 12.4. The van der Waals surface area contributed by atoms with E-state index in [9.17, 15) is 9.59 Å². The van der Waals surface area contributed by atoms with Gasteiger partial charge in [-0.05, 0) is 25.1 Å². The number of thioether (sulfide) groups is 1. The summed E-state index contributed by atoms with van der Waals surface area (Å²) in [5, 5.41) is 2.74. The van der Waals surface area contributed by atoms with E-state index in [0.717, 1.165) is 10.6 Å². The minimum absolute atomic E-state index is 0.197. The third-order valence-corrected chi connectivity index (χ3v) is 4.05. The molecule has 0 radical (unpaired) electrons. The van der Waals surface area contributed by atoms with Crippen LogP contribution in [0.3, 0.4) is 0 Å². The van der Waals surface area contributed by atoms with E-state index in [-0.39, 0.29) is 11.2 Å². The van der Waals surface area contributed by atoms with Crippen molar-refractivity contribution < 1.29 is 9.59 Å². The molecule has 2 rings (SSSR count). The quantitative estimate of drug-likeness (QED) is 0.639. The molecule has 0 aromatic heterocycles. The molecule has 0 aliphatic carbocycles. The average molecular weight is 315 g/mol. The molecule has 1 aromatic rings. The summed E-state index contributed by atoms with van der Waals surface area (Å²) in [4.78, 5) is 25.2. The van der Waals surface area contributed by atoms with Crippen molar-refractivity contribution in [2.45, 2.75) is 17.1 Å². The highest BCUT2D eigenvalue weighted by Gasteiger charge is 2.34. The fraction of sp³-hybridized carbons (Fsp3) is 0.273. The van der Waals surface area contributed by atoms with Crippen molar-refractivity contribution in [3.05, 3.63) is 18.2 Å². The van der Waals surface area contributed by atoms with Crippen LogP contribution in [0.25, 0.3) is 0 Å². The zero-order chi connectivity index (χ0) is 12.6. The van der Waals surface area contributed by atoms with Gasteiger partial charge in [0, 0.05) is 33.6 Å². The highest BCUT2D eigenvalue weighted by Crippen LogP contribution is 2.41. The summed E-state index contributed by atoms with van der Waals surface area (Å²) in [5.74, 6) is -0.197. The first-order valence-corrected chi connectivity index (χ1v) is 6.73. The maximum atomic E-state index is 12.0. The SMILES string of the molecule is CNc1ccc2c(c1)N(C(=O)Br)C(=O)C(C)S2. The molecule has 1 aliphatic rings. The molecule has 17 heavy (non-hydrogen) atoms. The Balaban J connectivity index is 2.55. The summed E-state index contributed by atoms with van der Waals surface area (Å²) >= 11 is 4.32. The van der Waals surface area contributed by atoms with Gasteiger partial charge in [0.05, 0.1) is 10.9 Å². The van der Waals surface area contributed by atoms with Gasteiger partial charge in [-0.1, -0.05) is 0 Å². The van der Waals surface area contributed by atoms with Crippen molar-refractivity contribution in [3.63, 3.8) is 0 Å². The van der Waals surface area contributed by atoms with Gasteiger partial charge >= 0.3 is 4.82 Å². The summed E-state index contributed by atoms with van der Waals surface area (Å²) < 4.78 is 0. The number of benzene rings is 1. The van der Waals surface area contributed by atoms with Gasteiger partial charge in [-0.2, -0.15) is 0 Å². The number of nitrogens with zero attached hydrogens (tertiary/aromatic N) is 1. The molecular formula is C11H11BrN2O2S. The maximum absolute atomic E-state index is 12.0. The van der Waals surface area contributed by atoms with Crippen LogP contribution in [0, 0.1) is 0 Å². The average Bonchev–Trinajstić information content (AvgIpc) is 2.29. The van der Waals surface area contributed by atoms with Crippen LogP contribution in [-0.2, 0) is 4.79 Å². The molecule has 0 bridgehead atoms. The van der Waals surface area contributed by atoms with E-state index >= 15 is 0 Å². The first-order valence-electron chi connectivity index (χ1n) is 5.06. The van der Waals surface area contributed by atoms with E-state index in [1.165, 1.54) is 16.7 Å². The van der Waals surface area contributed by atoms with Gasteiger partial charge in [0.15, 0.2) is 0 Å². The van der Waals surface area contributed by atoms with Crippen LogP contribution in [0.15, 0.2) is 23.1 Å². The van der Waals surface area contributed by atoms with Crippen molar-refractivity contribution in [3.8, 4) is 0 Å². The molecule has 0 spiro atoms. The van der Waals surface area contributed by atoms with E-state index in [4.69, 9.17) is 0 Å². The van der Waals surface area contributed by atoms with Crippen LogP contribution >= 0.6 is 27.7 Å². The normalized spacial score (nSPS) is 18.9. The topological polar surface area (TPSA) is 49.4 Å². The third kappa shape index (κ3) is 2.19. The number of amides is 2. The second-order valence-corrected chi connectivity index (χ2v) is 5.68. The highest BCUT2D eigenvalue weighted by atomic mass is 79.9. The molecular weight excluding hydrogens is 304 g/mol. The molecule has 6 heteroatoms. The Kier molecular flexibility index (Phi) is 3.44. The van der Waals surface area contributed by atoms with Crippen LogP contribution in [0.2, 0.25) is 0 Å².